The molecule has 0 unspecified atom stereocenters. The van der Waals surface area contributed by atoms with Crippen LogP contribution in [0.15, 0.2) is 266 Å². The first-order chi connectivity index (χ1) is 70.6. The van der Waals surface area contributed by atoms with Gasteiger partial charge in [-0.05, 0) is 136 Å². The Hall–Kier alpha value is -18.9. The van der Waals surface area contributed by atoms with Crippen molar-refractivity contribution in [2.45, 2.75) is 78.8 Å². The topological polar surface area (TPSA) is 485 Å². The molecular weight excluding hydrogens is 1890 g/mol. The standard InChI is InChI=1S/C23H22N6O3.C22H19N5O5.C22H21N5O3.C20H24N6O3.C16H17N5O3/c1-4-29-17-8-6-5-7-15(17)16-11-14(9-10-18(16)29)25-19(30)12-28-13-24-21-20(28)22(31)27(3)23(32)26(21)2;1-25-20-19(21(29)26(2)22(25)30)27(11-23-20)10-18(28)24-14-9-16-13(8-17(14)31-3)12-6-4-5-7-15(12)32-16;1-25-20-19(21(29)26(2)22(25)30)27(14-23-20)13-18(28)24-17-10-8-16(9-11-17)12-15-6-4-3-5-7-15;1-23-18-17(19(28)24(2)20(23)29)26(13-21-18)12-16(27)22-14-6-8-15(9-7-14)25-10-4-3-5-11-25;1-10-4-6-11(7-5-10)18-12(22)8-21-9-17-14-13(21)15(23)20(3)16(24)19(14)2/h5-11,13H,4,12H2,1-3H3,(H,25,30);4-9,11H,10H2,1-3H3,(H,24,28);3-11,14H,12-13H2,1-2H3,(H,24,28);6-9,13H,3-5,10-12H2,1-2H3,(H,22,27);4-7,9H,8H2,1-3H3,(H,18,22). The van der Waals surface area contributed by atoms with Crippen LogP contribution in [-0.4, -0.2) is 148 Å². The van der Waals surface area contributed by atoms with Gasteiger partial charge in [-0.25, -0.2) is 48.9 Å². The van der Waals surface area contributed by atoms with E-state index in [-0.39, 0.29) is 112 Å². The lowest BCUT2D eigenvalue weighted by molar-refractivity contribution is -0.117. The number of carbonyl (C=O) groups excluding carboxylic acids is 5. The number of benzene rings is 8. The monoisotopic (exact) mass is 1990 g/mol. The highest BCUT2D eigenvalue weighted by molar-refractivity contribution is 6.11. The van der Waals surface area contributed by atoms with Crippen LogP contribution in [0, 0.1) is 6.92 Å². The normalized spacial score (nSPS) is 11.9. The van der Waals surface area contributed by atoms with E-state index >= 15 is 0 Å². The van der Waals surface area contributed by atoms with Crippen molar-refractivity contribution in [1.29, 1.82) is 0 Å². The van der Waals surface area contributed by atoms with E-state index in [1.54, 1.807) is 27.2 Å². The summed E-state index contributed by atoms with van der Waals surface area (Å²) in [7, 11) is 16.2. The first kappa shape index (κ1) is 99.6. The van der Waals surface area contributed by atoms with Gasteiger partial charge < -0.3 is 68.0 Å². The average Bonchev–Trinajstić information content (AvgIpc) is 1.65. The summed E-state index contributed by atoms with van der Waals surface area (Å²) in [6.07, 6.45) is 11.5. The molecule has 1 fully saturated rings. The molecule has 44 nitrogen and oxygen atoms in total. The van der Waals surface area contributed by atoms with E-state index in [0.29, 0.717) is 39.8 Å². The number of methoxy groups -OCH3 is 1. The number of amides is 5. The van der Waals surface area contributed by atoms with Crippen LogP contribution >= 0.6 is 0 Å². The van der Waals surface area contributed by atoms with Gasteiger partial charge in [-0.15, -0.1) is 0 Å². The molecule has 147 heavy (non-hydrogen) atoms. The predicted octanol–water partition coefficient (Wildman–Crippen LogP) is 7.29. The highest BCUT2D eigenvalue weighted by atomic mass is 16.5. The van der Waals surface area contributed by atoms with Gasteiger partial charge in [0, 0.05) is 157 Å². The van der Waals surface area contributed by atoms with Crippen molar-refractivity contribution in [3.05, 3.63) is 335 Å². The largest absolute Gasteiger partial charge is 0.495 e. The fraction of sp³-hybridized carbons (Fsp3) is 0.243. The number of piperidine rings is 1. The summed E-state index contributed by atoms with van der Waals surface area (Å²) < 4.78 is 32.3. The number of nitrogens with one attached hydrogen (secondary N) is 5. The molecule has 0 radical (unpaired) electrons. The number of rotatable bonds is 20. The number of anilines is 6. The Morgan fingerprint density at radius 1 is 0.333 bits per heavy atom. The minimum absolute atomic E-state index is 0.0716. The first-order valence-electron chi connectivity index (χ1n) is 46.6. The summed E-state index contributed by atoms with van der Waals surface area (Å²) in [5, 5.41) is 18.2. The number of para-hydroxylation sites is 2. The zero-order chi connectivity index (χ0) is 104. The van der Waals surface area contributed by atoms with E-state index < -0.39 is 62.2 Å². The molecule has 5 amide bonds. The van der Waals surface area contributed by atoms with Crippen LogP contribution in [0.1, 0.15) is 42.9 Å². The summed E-state index contributed by atoms with van der Waals surface area (Å²) in [6, 6.07) is 58.2. The smallest absolute Gasteiger partial charge is 0.332 e. The van der Waals surface area contributed by atoms with Crippen molar-refractivity contribution in [2.75, 3.05) is 51.7 Å². The van der Waals surface area contributed by atoms with Crippen molar-refractivity contribution in [3.63, 3.8) is 0 Å². The molecule has 0 aliphatic carbocycles. The molecule has 0 bridgehead atoms. The number of carbonyl (C=O) groups is 5. The number of hydrogen-bond acceptors (Lipinski definition) is 23. The molecule has 752 valence electrons. The lowest BCUT2D eigenvalue weighted by Gasteiger charge is -2.28. The number of aryl methyl sites for hydroxylation is 7. The SMILES string of the molecule is CCn1c2ccccc2c2cc(NC(=O)Cn3cnc4c3c(=O)n(C)c(=O)n4C)ccc21.COc1cc2c(cc1NC(=O)Cn1cnc3c1c(=O)n(C)c(=O)n3C)oc1ccccc12.Cc1ccc(NC(=O)Cn2cnc3c2c(=O)n(C)c(=O)n3C)cc1.Cn1c(=O)c2c(ncn2CC(=O)Nc2ccc(Cc3ccccc3)cc2)n(C)c1=O.Cn1c(=O)c2c(ncn2CC(=O)Nc2ccc(N3CCCCC3)cc2)n(C)c1=O. The summed E-state index contributed by atoms with van der Waals surface area (Å²) in [5.41, 5.74) is 8.90. The van der Waals surface area contributed by atoms with E-state index in [0.717, 1.165) is 104 Å². The van der Waals surface area contributed by atoms with Crippen molar-refractivity contribution < 1.29 is 33.1 Å². The summed E-state index contributed by atoms with van der Waals surface area (Å²) >= 11 is 0. The van der Waals surface area contributed by atoms with Crippen LogP contribution in [0.5, 0.6) is 5.75 Å². The minimum atomic E-state index is -0.519. The number of nitrogens with zero attached hydrogens (tertiary/aromatic N) is 22. The number of fused-ring (bicyclic) bond motifs is 11. The molecule has 8 aromatic carbocycles. The van der Waals surface area contributed by atoms with Gasteiger partial charge >= 0.3 is 28.4 Å². The number of hydrogen-bond donors (Lipinski definition) is 5. The Bertz CT molecular complexity index is 9300. The summed E-state index contributed by atoms with van der Waals surface area (Å²) in [5.74, 6) is -1.06. The second kappa shape index (κ2) is 41.7. The fourth-order valence-corrected chi connectivity index (χ4v) is 17.9. The van der Waals surface area contributed by atoms with Crippen molar-refractivity contribution in [1.82, 2.24) is 98.0 Å². The average molecular weight is 1990 g/mol. The van der Waals surface area contributed by atoms with E-state index in [1.807, 2.05) is 159 Å². The van der Waals surface area contributed by atoms with Crippen LogP contribution in [0.4, 0.5) is 34.1 Å². The minimum Gasteiger partial charge on any atom is -0.495 e. The molecule has 1 aliphatic heterocycles. The van der Waals surface area contributed by atoms with Crippen LogP contribution in [0.25, 0.3) is 99.6 Å². The van der Waals surface area contributed by atoms with Crippen molar-refractivity contribution in [3.8, 4) is 5.75 Å². The quantitative estimate of drug-likeness (QED) is 0.0500. The molecule has 12 aromatic heterocycles. The Balaban J connectivity index is 0.000000126. The van der Waals surface area contributed by atoms with Crippen LogP contribution < -0.4 is 92.5 Å². The molecule has 1 aliphatic rings. The summed E-state index contributed by atoms with van der Waals surface area (Å²) in [6.45, 7) is 6.55. The third kappa shape index (κ3) is 20.0. The second-order valence-electron chi connectivity index (χ2n) is 35.5. The first-order valence-corrected chi connectivity index (χ1v) is 46.6. The van der Waals surface area contributed by atoms with Gasteiger partial charge in [-0.3, -0.25) is 93.6 Å². The molecule has 0 saturated carbocycles. The maximum atomic E-state index is 12.8. The lowest BCUT2D eigenvalue weighted by Crippen LogP contribution is -2.37. The van der Waals surface area contributed by atoms with E-state index in [9.17, 15) is 71.9 Å². The zero-order valence-electron chi connectivity index (χ0n) is 82.5. The molecule has 5 N–H and O–H groups in total. The van der Waals surface area contributed by atoms with E-state index in [1.165, 1.54) is 159 Å². The molecule has 21 rings (SSSR count). The highest BCUT2D eigenvalue weighted by Crippen LogP contribution is 2.37. The molecule has 1 saturated heterocycles. The third-order valence-electron chi connectivity index (χ3n) is 25.7. The van der Waals surface area contributed by atoms with Crippen molar-refractivity contribution in [2.24, 2.45) is 70.5 Å². The molecule has 0 atom stereocenters. The van der Waals surface area contributed by atoms with E-state index in [2.05, 4.69) is 92.2 Å². The Morgan fingerprint density at radius 3 is 1.07 bits per heavy atom. The Morgan fingerprint density at radius 2 is 0.673 bits per heavy atom. The van der Waals surface area contributed by atoms with Crippen LogP contribution in [0.2, 0.25) is 0 Å². The number of aromatic nitrogens is 21. The van der Waals surface area contributed by atoms with Gasteiger partial charge in [0.05, 0.1) is 44.4 Å². The van der Waals surface area contributed by atoms with Crippen molar-refractivity contribution >= 4 is 163 Å². The van der Waals surface area contributed by atoms with Gasteiger partial charge in [-0.2, -0.15) is 0 Å². The van der Waals surface area contributed by atoms with Gasteiger partial charge in [-0.1, -0.05) is 96.6 Å². The molecule has 20 aromatic rings. The fourth-order valence-electron chi connectivity index (χ4n) is 17.9. The number of furan rings is 1. The van der Waals surface area contributed by atoms with Gasteiger partial charge in [0.15, 0.2) is 55.8 Å². The molecule has 44 heteroatoms. The van der Waals surface area contributed by atoms with Gasteiger partial charge in [0.1, 0.15) is 49.6 Å². The second-order valence-corrected chi connectivity index (χ2v) is 35.5. The zero-order valence-corrected chi connectivity index (χ0v) is 82.5. The van der Waals surface area contributed by atoms with E-state index in [4.69, 9.17) is 9.15 Å². The maximum Gasteiger partial charge on any atom is 0.332 e. The lowest BCUT2D eigenvalue weighted by atomic mass is 10.0. The number of imidazole rings is 5. The Kier molecular flexibility index (Phi) is 28.3. The highest BCUT2D eigenvalue weighted by Gasteiger charge is 2.26. The maximum absolute atomic E-state index is 12.8. The van der Waals surface area contributed by atoms with Gasteiger partial charge in [0.25, 0.3) is 27.8 Å². The molecule has 0 spiro atoms. The van der Waals surface area contributed by atoms with Crippen LogP contribution in [0.3, 0.4) is 0 Å². The molecule has 13 heterocycles. The van der Waals surface area contributed by atoms with Crippen LogP contribution in [-0.2, 0) is 140 Å². The third-order valence-corrected chi connectivity index (χ3v) is 25.7. The summed E-state index contributed by atoms with van der Waals surface area (Å²) in [4.78, 5) is 208. The number of ether oxygens (including phenoxy) is 1. The Labute approximate surface area is 831 Å². The predicted molar refractivity (Wildman–Crippen MR) is 559 cm³/mol. The van der Waals surface area contributed by atoms with Gasteiger partial charge in [0.2, 0.25) is 29.5 Å². The molecular formula is C103H103N27O17.